The van der Waals surface area contributed by atoms with Crippen molar-refractivity contribution in [1.82, 2.24) is 9.97 Å². The van der Waals surface area contributed by atoms with E-state index in [9.17, 15) is 0 Å². The second-order valence-corrected chi connectivity index (χ2v) is 4.13. The van der Waals surface area contributed by atoms with Gasteiger partial charge in [-0.25, -0.2) is 9.97 Å². The van der Waals surface area contributed by atoms with Crippen LogP contribution in [0.1, 0.15) is 26.1 Å². The van der Waals surface area contributed by atoms with Crippen LogP contribution < -0.4 is 10.6 Å². The highest BCUT2D eigenvalue weighted by Gasteiger charge is 2.05. The van der Waals surface area contributed by atoms with Gasteiger partial charge in [-0.3, -0.25) is 0 Å². The molecule has 0 amide bonds. The minimum atomic E-state index is 0.424. The summed E-state index contributed by atoms with van der Waals surface area (Å²) in [5.41, 5.74) is 0. The van der Waals surface area contributed by atoms with Gasteiger partial charge in [-0.15, -0.1) is 0 Å². The van der Waals surface area contributed by atoms with E-state index in [1.54, 1.807) is 7.11 Å². The van der Waals surface area contributed by atoms with E-state index in [2.05, 4.69) is 34.4 Å². The molecule has 1 heterocycles. The first-order valence-electron chi connectivity index (χ1n) is 5.98. The Morgan fingerprint density at radius 2 is 2.06 bits per heavy atom. The summed E-state index contributed by atoms with van der Waals surface area (Å²) in [6.07, 6.45) is 1.15. The summed E-state index contributed by atoms with van der Waals surface area (Å²) in [5.74, 6) is 2.97. The molecule has 1 atom stereocenters. The number of methoxy groups -OCH3 is 1. The summed E-state index contributed by atoms with van der Waals surface area (Å²) >= 11 is 0. The molecule has 0 aliphatic rings. The number of nitrogens with one attached hydrogen (secondary N) is 2. The van der Waals surface area contributed by atoms with E-state index in [0.717, 1.165) is 24.6 Å². The second kappa shape index (κ2) is 7.06. The normalized spacial score (nSPS) is 12.2. The lowest BCUT2D eigenvalue weighted by atomic mass is 10.1. The lowest BCUT2D eigenvalue weighted by Crippen LogP contribution is -2.13. The molecular formula is C12H22N4O. The minimum Gasteiger partial charge on any atom is -0.377 e. The smallest absolute Gasteiger partial charge is 0.158 e. The van der Waals surface area contributed by atoms with Crippen LogP contribution in [0.25, 0.3) is 0 Å². The third kappa shape index (κ3) is 4.56. The first-order valence-corrected chi connectivity index (χ1v) is 5.98. The Morgan fingerprint density at radius 3 is 2.65 bits per heavy atom. The van der Waals surface area contributed by atoms with E-state index in [-0.39, 0.29) is 0 Å². The average molecular weight is 238 g/mol. The predicted octanol–water partition coefficient (Wildman–Crippen LogP) is 2.12. The maximum Gasteiger partial charge on any atom is 0.158 e. The van der Waals surface area contributed by atoms with Crippen molar-refractivity contribution in [3.63, 3.8) is 0 Å². The van der Waals surface area contributed by atoms with E-state index >= 15 is 0 Å². The highest BCUT2D eigenvalue weighted by atomic mass is 16.5. The molecule has 0 aliphatic heterocycles. The van der Waals surface area contributed by atoms with E-state index < -0.39 is 0 Å². The van der Waals surface area contributed by atoms with Gasteiger partial charge < -0.3 is 15.4 Å². The number of nitrogens with zero attached hydrogens (tertiary/aromatic N) is 2. The third-order valence-corrected chi connectivity index (χ3v) is 2.63. The molecule has 0 spiro atoms. The van der Waals surface area contributed by atoms with E-state index in [1.165, 1.54) is 0 Å². The number of anilines is 2. The molecule has 0 bridgehead atoms. The first-order chi connectivity index (χ1) is 8.19. The van der Waals surface area contributed by atoms with Gasteiger partial charge >= 0.3 is 0 Å². The van der Waals surface area contributed by atoms with Gasteiger partial charge in [0.2, 0.25) is 0 Å². The zero-order valence-corrected chi connectivity index (χ0v) is 11.1. The van der Waals surface area contributed by atoms with Crippen molar-refractivity contribution in [3.8, 4) is 0 Å². The largest absolute Gasteiger partial charge is 0.377 e. The molecule has 1 rings (SSSR count). The maximum absolute atomic E-state index is 5.05. The van der Waals surface area contributed by atoms with Crippen molar-refractivity contribution in [1.29, 1.82) is 0 Å². The minimum absolute atomic E-state index is 0.424. The number of rotatable bonds is 7. The highest BCUT2D eigenvalue weighted by molar-refractivity contribution is 5.47. The van der Waals surface area contributed by atoms with E-state index in [4.69, 9.17) is 4.74 Å². The fourth-order valence-electron chi connectivity index (χ4n) is 1.33. The van der Waals surface area contributed by atoms with Gasteiger partial charge in [0.15, 0.2) is 5.82 Å². The first kappa shape index (κ1) is 13.7. The molecular weight excluding hydrogens is 216 g/mol. The fraction of sp³-hybridized carbons (Fsp3) is 0.667. The summed E-state index contributed by atoms with van der Waals surface area (Å²) in [5, 5.41) is 6.34. The molecule has 0 fully saturated rings. The molecule has 0 radical (unpaired) electrons. The zero-order chi connectivity index (χ0) is 12.7. The van der Waals surface area contributed by atoms with Crippen LogP contribution in [0.15, 0.2) is 6.07 Å². The van der Waals surface area contributed by atoms with Crippen LogP contribution in [-0.2, 0) is 11.3 Å². The van der Waals surface area contributed by atoms with Crippen molar-refractivity contribution in [2.24, 2.45) is 5.92 Å². The molecule has 5 heteroatoms. The van der Waals surface area contributed by atoms with Gasteiger partial charge in [-0.05, 0) is 5.92 Å². The van der Waals surface area contributed by atoms with Crippen LogP contribution in [0.5, 0.6) is 0 Å². The van der Waals surface area contributed by atoms with Crippen LogP contribution >= 0.6 is 0 Å². The molecule has 0 aromatic carbocycles. The van der Waals surface area contributed by atoms with Crippen molar-refractivity contribution >= 4 is 11.6 Å². The van der Waals surface area contributed by atoms with Crippen LogP contribution in [0, 0.1) is 5.92 Å². The Bertz CT molecular complexity index is 343. The summed E-state index contributed by atoms with van der Waals surface area (Å²) in [4.78, 5) is 8.69. The third-order valence-electron chi connectivity index (χ3n) is 2.63. The molecule has 0 aliphatic carbocycles. The van der Waals surface area contributed by atoms with Crippen molar-refractivity contribution < 1.29 is 4.74 Å². The molecule has 1 aromatic heterocycles. The predicted molar refractivity (Wildman–Crippen MR) is 70.2 cm³/mol. The van der Waals surface area contributed by atoms with E-state index in [1.807, 2.05) is 13.1 Å². The Balaban J connectivity index is 2.72. The molecule has 2 N–H and O–H groups in total. The van der Waals surface area contributed by atoms with Crippen molar-refractivity contribution in [3.05, 3.63) is 11.9 Å². The highest BCUT2D eigenvalue weighted by Crippen LogP contribution is 2.12. The Morgan fingerprint density at radius 1 is 1.35 bits per heavy atom. The maximum atomic E-state index is 5.05. The van der Waals surface area contributed by atoms with Gasteiger partial charge in [0, 0.05) is 26.8 Å². The molecule has 1 aromatic rings. The molecule has 96 valence electrons. The van der Waals surface area contributed by atoms with Gasteiger partial charge in [0.1, 0.15) is 18.2 Å². The Hall–Kier alpha value is -1.36. The topological polar surface area (TPSA) is 59.1 Å². The van der Waals surface area contributed by atoms with Crippen LogP contribution in [-0.4, -0.2) is 30.7 Å². The fourth-order valence-corrected chi connectivity index (χ4v) is 1.33. The number of hydrogen-bond donors (Lipinski definition) is 2. The van der Waals surface area contributed by atoms with Crippen LogP contribution in [0.4, 0.5) is 11.6 Å². The number of ether oxygens (including phenoxy) is 1. The van der Waals surface area contributed by atoms with Crippen molar-refractivity contribution in [2.75, 3.05) is 31.3 Å². The Kier molecular flexibility index (Phi) is 5.69. The quantitative estimate of drug-likeness (QED) is 0.762. The lowest BCUT2D eigenvalue weighted by molar-refractivity contribution is 0.178. The number of hydrogen-bond acceptors (Lipinski definition) is 5. The summed E-state index contributed by atoms with van der Waals surface area (Å²) in [7, 11) is 3.49. The zero-order valence-electron chi connectivity index (χ0n) is 11.1. The molecule has 1 unspecified atom stereocenters. The summed E-state index contributed by atoms with van der Waals surface area (Å²) in [6, 6.07) is 1.90. The summed E-state index contributed by atoms with van der Waals surface area (Å²) < 4.78 is 5.05. The number of aromatic nitrogens is 2. The lowest BCUT2D eigenvalue weighted by Gasteiger charge is -2.12. The molecule has 0 saturated carbocycles. The molecule has 17 heavy (non-hydrogen) atoms. The van der Waals surface area contributed by atoms with Gasteiger partial charge in [-0.2, -0.15) is 0 Å². The van der Waals surface area contributed by atoms with Gasteiger partial charge in [0.25, 0.3) is 0 Å². The Labute approximate surface area is 103 Å². The average Bonchev–Trinajstić information content (AvgIpc) is 2.36. The second-order valence-electron chi connectivity index (χ2n) is 4.13. The monoisotopic (exact) mass is 238 g/mol. The van der Waals surface area contributed by atoms with Gasteiger partial charge in [-0.1, -0.05) is 20.3 Å². The van der Waals surface area contributed by atoms with Crippen LogP contribution in [0.2, 0.25) is 0 Å². The van der Waals surface area contributed by atoms with Crippen LogP contribution in [0.3, 0.4) is 0 Å². The SMILES string of the molecule is CCC(C)CNc1cc(NC)nc(COC)n1. The van der Waals surface area contributed by atoms with Gasteiger partial charge in [0.05, 0.1) is 0 Å². The van der Waals surface area contributed by atoms with E-state index in [0.29, 0.717) is 18.3 Å². The summed E-state index contributed by atoms with van der Waals surface area (Å²) in [6.45, 7) is 5.74. The molecule has 5 nitrogen and oxygen atoms in total. The standard InChI is InChI=1S/C12H22N4O/c1-5-9(2)7-14-11-6-10(13-3)15-12(16-11)8-17-4/h6,9H,5,7-8H2,1-4H3,(H2,13,14,15,16). The van der Waals surface area contributed by atoms with Crippen molar-refractivity contribution in [2.45, 2.75) is 26.9 Å². The molecule has 0 saturated heterocycles.